The van der Waals surface area contributed by atoms with Crippen molar-refractivity contribution in [3.63, 3.8) is 0 Å². The van der Waals surface area contributed by atoms with Crippen molar-refractivity contribution in [2.45, 2.75) is 70.8 Å². The van der Waals surface area contributed by atoms with E-state index in [1.54, 1.807) is 24.4 Å². The number of nitriles is 1. The first-order valence-corrected chi connectivity index (χ1v) is 13.8. The Labute approximate surface area is 230 Å². The Bertz CT molecular complexity index is 1480. The van der Waals surface area contributed by atoms with E-state index in [2.05, 4.69) is 36.3 Å². The van der Waals surface area contributed by atoms with E-state index in [1.807, 2.05) is 18.5 Å². The van der Waals surface area contributed by atoms with Crippen LogP contribution in [-0.4, -0.2) is 45.5 Å². The Balaban J connectivity index is 1.43. The molecule has 1 aliphatic heterocycles. The summed E-state index contributed by atoms with van der Waals surface area (Å²) >= 11 is 0. The fourth-order valence-corrected chi connectivity index (χ4v) is 6.55. The van der Waals surface area contributed by atoms with Gasteiger partial charge in [0.15, 0.2) is 0 Å². The highest BCUT2D eigenvalue weighted by atomic mass is 16.5. The SMILES string of the molecule is COc1cc(C#N)cc(C(=O)Nc2cnc3c(c([C@@H]4CCN(C(=O)C5CCCC5)C(C)(C)C4)cn3C)c2C)c1. The molecule has 0 bridgehead atoms. The van der Waals surface area contributed by atoms with Crippen LogP contribution < -0.4 is 10.1 Å². The second kappa shape index (κ2) is 10.4. The Hall–Kier alpha value is -3.86. The van der Waals surface area contributed by atoms with Gasteiger partial charge in [-0.15, -0.1) is 0 Å². The number of ether oxygens (including phenoxy) is 1. The standard InChI is InChI=1S/C31H37N5O3/c1-19-26(34-29(37)23-12-20(16-32)13-24(14-23)39-5)17-33-28-27(19)25(18-35(28)4)22-10-11-36(31(2,3)15-22)30(38)21-8-6-7-9-21/h12-14,17-18,21-22H,6-11,15H2,1-5H3,(H,34,37)/t22-/m1/s1. The van der Waals surface area contributed by atoms with Gasteiger partial charge in [0.05, 0.1) is 30.6 Å². The van der Waals surface area contributed by atoms with Crippen LogP contribution >= 0.6 is 0 Å². The summed E-state index contributed by atoms with van der Waals surface area (Å²) in [6.07, 6.45) is 9.98. The molecule has 1 N–H and O–H groups in total. The van der Waals surface area contributed by atoms with Gasteiger partial charge in [-0.05, 0) is 81.7 Å². The van der Waals surface area contributed by atoms with Crippen LogP contribution in [-0.2, 0) is 11.8 Å². The molecule has 1 saturated heterocycles. The molecule has 0 unspecified atom stereocenters. The Kier molecular flexibility index (Phi) is 7.11. The summed E-state index contributed by atoms with van der Waals surface area (Å²) in [7, 11) is 3.51. The fraction of sp³-hybridized carbons (Fsp3) is 0.484. The quantitative estimate of drug-likeness (QED) is 0.460. The van der Waals surface area contributed by atoms with E-state index >= 15 is 0 Å². The summed E-state index contributed by atoms with van der Waals surface area (Å²) in [6.45, 7) is 7.15. The Morgan fingerprint density at radius 3 is 2.59 bits per heavy atom. The molecule has 1 atom stereocenters. The monoisotopic (exact) mass is 527 g/mol. The van der Waals surface area contributed by atoms with Crippen molar-refractivity contribution in [1.29, 1.82) is 5.26 Å². The number of rotatable bonds is 5. The number of fused-ring (bicyclic) bond motifs is 1. The lowest BCUT2D eigenvalue weighted by molar-refractivity contribution is -0.143. The fourth-order valence-electron chi connectivity index (χ4n) is 6.55. The van der Waals surface area contributed by atoms with Crippen molar-refractivity contribution < 1.29 is 14.3 Å². The highest BCUT2D eigenvalue weighted by molar-refractivity contribution is 6.06. The number of aromatic nitrogens is 2. The number of piperidine rings is 1. The Morgan fingerprint density at radius 2 is 1.92 bits per heavy atom. The number of carbonyl (C=O) groups excluding carboxylic acids is 2. The van der Waals surface area contributed by atoms with E-state index in [-0.39, 0.29) is 23.3 Å². The van der Waals surface area contributed by atoms with Gasteiger partial charge in [0.25, 0.3) is 5.91 Å². The minimum atomic E-state index is -0.327. The van der Waals surface area contributed by atoms with E-state index in [0.717, 1.165) is 61.7 Å². The highest BCUT2D eigenvalue weighted by Crippen LogP contribution is 2.43. The lowest BCUT2D eigenvalue weighted by Gasteiger charge is -2.46. The van der Waals surface area contributed by atoms with Gasteiger partial charge >= 0.3 is 0 Å². The summed E-state index contributed by atoms with van der Waals surface area (Å²) in [5.74, 6) is 0.917. The van der Waals surface area contributed by atoms with Crippen LogP contribution in [0, 0.1) is 24.2 Å². The van der Waals surface area contributed by atoms with Crippen molar-refractivity contribution in [2.75, 3.05) is 19.0 Å². The minimum absolute atomic E-state index is 0.185. The molecule has 8 heteroatoms. The second-order valence-electron chi connectivity index (χ2n) is 11.7. The molecule has 3 aromatic rings. The third-order valence-corrected chi connectivity index (χ3v) is 8.64. The molecule has 5 rings (SSSR count). The molecule has 3 heterocycles. The number of hydrogen-bond donors (Lipinski definition) is 1. The zero-order valence-electron chi connectivity index (χ0n) is 23.5. The molecule has 1 saturated carbocycles. The van der Waals surface area contributed by atoms with Crippen molar-refractivity contribution in [3.05, 3.63) is 52.8 Å². The summed E-state index contributed by atoms with van der Waals surface area (Å²) in [5.41, 5.74) is 4.14. The van der Waals surface area contributed by atoms with Crippen LogP contribution in [0.25, 0.3) is 11.0 Å². The first-order valence-electron chi connectivity index (χ1n) is 13.8. The van der Waals surface area contributed by atoms with Crippen molar-refractivity contribution >= 4 is 28.5 Å². The van der Waals surface area contributed by atoms with Crippen LogP contribution in [0.15, 0.2) is 30.6 Å². The van der Waals surface area contributed by atoms with Crippen molar-refractivity contribution in [1.82, 2.24) is 14.5 Å². The first-order chi connectivity index (χ1) is 18.6. The molecule has 8 nitrogen and oxygen atoms in total. The largest absolute Gasteiger partial charge is 0.497 e. The first kappa shape index (κ1) is 26.7. The summed E-state index contributed by atoms with van der Waals surface area (Å²) in [5, 5.41) is 13.4. The smallest absolute Gasteiger partial charge is 0.255 e. The highest BCUT2D eigenvalue weighted by Gasteiger charge is 2.41. The molecular weight excluding hydrogens is 490 g/mol. The van der Waals surface area contributed by atoms with Gasteiger partial charge in [0.1, 0.15) is 11.4 Å². The third kappa shape index (κ3) is 4.98. The third-order valence-electron chi connectivity index (χ3n) is 8.64. The van der Waals surface area contributed by atoms with Gasteiger partial charge < -0.3 is 19.5 Å². The van der Waals surface area contributed by atoms with Gasteiger partial charge in [-0.3, -0.25) is 9.59 Å². The van der Waals surface area contributed by atoms with Crippen LogP contribution in [0.4, 0.5) is 5.69 Å². The van der Waals surface area contributed by atoms with Gasteiger partial charge in [-0.1, -0.05) is 12.8 Å². The number of carbonyl (C=O) groups is 2. The zero-order chi connectivity index (χ0) is 27.9. The van der Waals surface area contributed by atoms with Crippen LogP contribution in [0.1, 0.15) is 85.3 Å². The number of amides is 2. The molecule has 39 heavy (non-hydrogen) atoms. The number of methoxy groups -OCH3 is 1. The number of anilines is 1. The summed E-state index contributed by atoms with van der Waals surface area (Å²) < 4.78 is 7.31. The molecule has 1 aliphatic carbocycles. The lowest BCUT2D eigenvalue weighted by atomic mass is 9.78. The number of likely N-dealkylation sites (tertiary alicyclic amines) is 1. The topological polar surface area (TPSA) is 100 Å². The maximum absolute atomic E-state index is 13.3. The number of benzene rings is 1. The van der Waals surface area contributed by atoms with Crippen LogP contribution in [0.3, 0.4) is 0 Å². The molecule has 2 fully saturated rings. The molecule has 204 valence electrons. The zero-order valence-corrected chi connectivity index (χ0v) is 23.5. The molecule has 1 aromatic carbocycles. The average molecular weight is 528 g/mol. The predicted octanol–water partition coefficient (Wildman–Crippen LogP) is 5.69. The molecule has 2 amide bonds. The predicted molar refractivity (Wildman–Crippen MR) is 151 cm³/mol. The molecule has 0 spiro atoms. The van der Waals surface area contributed by atoms with Gasteiger partial charge in [0.2, 0.25) is 5.91 Å². The second-order valence-corrected chi connectivity index (χ2v) is 11.7. The molecular formula is C31H37N5O3. The maximum Gasteiger partial charge on any atom is 0.255 e. The van der Waals surface area contributed by atoms with E-state index in [9.17, 15) is 14.9 Å². The average Bonchev–Trinajstić information content (AvgIpc) is 3.58. The normalized spacial score (nSPS) is 19.2. The lowest BCUT2D eigenvalue weighted by Crippen LogP contribution is -2.53. The Morgan fingerprint density at radius 1 is 1.18 bits per heavy atom. The summed E-state index contributed by atoms with van der Waals surface area (Å²) in [6, 6.07) is 6.84. The van der Waals surface area contributed by atoms with E-state index < -0.39 is 0 Å². The van der Waals surface area contributed by atoms with Crippen LogP contribution in [0.2, 0.25) is 0 Å². The minimum Gasteiger partial charge on any atom is -0.497 e. The number of nitrogens with one attached hydrogen (secondary N) is 1. The number of pyridine rings is 1. The van der Waals surface area contributed by atoms with E-state index in [0.29, 0.717) is 28.5 Å². The molecule has 0 radical (unpaired) electrons. The van der Waals surface area contributed by atoms with Gasteiger partial charge in [-0.25, -0.2) is 4.98 Å². The number of aryl methyl sites for hydroxylation is 2. The number of nitrogens with zero attached hydrogens (tertiary/aromatic N) is 4. The van der Waals surface area contributed by atoms with E-state index in [1.165, 1.54) is 12.7 Å². The molecule has 2 aliphatic rings. The van der Waals surface area contributed by atoms with Crippen molar-refractivity contribution in [3.8, 4) is 11.8 Å². The molecule has 2 aromatic heterocycles. The maximum atomic E-state index is 13.3. The summed E-state index contributed by atoms with van der Waals surface area (Å²) in [4.78, 5) is 33.3. The van der Waals surface area contributed by atoms with E-state index in [4.69, 9.17) is 9.72 Å². The van der Waals surface area contributed by atoms with Crippen molar-refractivity contribution in [2.24, 2.45) is 13.0 Å². The van der Waals surface area contributed by atoms with Gasteiger partial charge in [0, 0.05) is 42.2 Å². The number of hydrogen-bond acceptors (Lipinski definition) is 5. The van der Waals surface area contributed by atoms with Crippen LogP contribution in [0.5, 0.6) is 5.75 Å². The van der Waals surface area contributed by atoms with Gasteiger partial charge in [-0.2, -0.15) is 5.26 Å².